The van der Waals surface area contributed by atoms with Gasteiger partial charge in [0.15, 0.2) is 0 Å². The van der Waals surface area contributed by atoms with Crippen LogP contribution in [0.1, 0.15) is 23.7 Å². The van der Waals surface area contributed by atoms with Crippen LogP contribution in [0.15, 0.2) is 53.2 Å². The highest BCUT2D eigenvalue weighted by Crippen LogP contribution is 2.35. The first kappa shape index (κ1) is 21.2. The second-order valence-corrected chi connectivity index (χ2v) is 7.29. The highest BCUT2D eigenvalue weighted by atomic mass is 35.5. The number of carbonyl (C=O) groups is 3. The molecule has 0 aliphatic carbocycles. The molecule has 1 aliphatic rings. The number of anilines is 2. The first-order valence-corrected chi connectivity index (χ1v) is 9.74. The van der Waals surface area contributed by atoms with E-state index in [0.29, 0.717) is 22.9 Å². The van der Waals surface area contributed by atoms with Gasteiger partial charge in [0.2, 0.25) is 0 Å². The van der Waals surface area contributed by atoms with Crippen LogP contribution in [-0.2, 0) is 14.3 Å². The van der Waals surface area contributed by atoms with Gasteiger partial charge in [-0.1, -0.05) is 41.7 Å². The summed E-state index contributed by atoms with van der Waals surface area (Å²) in [5.74, 6) is -1.83. The lowest BCUT2D eigenvalue weighted by atomic mass is 10.2. The Morgan fingerprint density at radius 2 is 1.72 bits per heavy atom. The Labute approximate surface area is 182 Å². The number of rotatable bonds is 6. The number of hydrogen-bond acceptors (Lipinski definition) is 5. The third-order valence-electron chi connectivity index (χ3n) is 4.00. The third kappa shape index (κ3) is 4.40. The molecule has 1 N–H and O–H groups in total. The Morgan fingerprint density at radius 1 is 1.03 bits per heavy atom. The monoisotopic (exact) mass is 452 g/mol. The predicted octanol–water partition coefficient (Wildman–Crippen LogP) is 5.00. The smallest absolute Gasteiger partial charge is 0.338 e. The lowest BCUT2D eigenvalue weighted by molar-refractivity contribution is -0.120. The lowest BCUT2D eigenvalue weighted by Gasteiger charge is -2.17. The summed E-state index contributed by atoms with van der Waals surface area (Å²) in [7, 11) is 0. The number of benzene rings is 2. The molecule has 0 radical (unpaired) electrons. The van der Waals surface area contributed by atoms with Gasteiger partial charge < -0.3 is 10.1 Å². The molecule has 0 atom stereocenters. The highest BCUT2D eigenvalue weighted by molar-refractivity contribution is 6.54. The van der Waals surface area contributed by atoms with Gasteiger partial charge in [0.1, 0.15) is 10.7 Å². The zero-order valence-electron chi connectivity index (χ0n) is 15.2. The molecular formula is C20H15Cl3N2O4. The van der Waals surface area contributed by atoms with Crippen LogP contribution in [0.25, 0.3) is 0 Å². The molecule has 2 aromatic carbocycles. The van der Waals surface area contributed by atoms with Gasteiger partial charge in [0.05, 0.1) is 22.9 Å². The van der Waals surface area contributed by atoms with E-state index in [1.807, 2.05) is 6.92 Å². The van der Waals surface area contributed by atoms with Crippen molar-refractivity contribution < 1.29 is 19.1 Å². The zero-order valence-corrected chi connectivity index (χ0v) is 17.4. The van der Waals surface area contributed by atoms with E-state index in [0.717, 1.165) is 11.3 Å². The van der Waals surface area contributed by atoms with Gasteiger partial charge in [0.25, 0.3) is 11.8 Å². The Morgan fingerprint density at radius 3 is 2.38 bits per heavy atom. The number of amides is 2. The summed E-state index contributed by atoms with van der Waals surface area (Å²) in [6.45, 7) is 2.23. The van der Waals surface area contributed by atoms with Gasteiger partial charge in [-0.3, -0.25) is 9.59 Å². The number of hydrogen-bond donors (Lipinski definition) is 1. The number of ether oxygens (including phenoxy) is 1. The number of halogens is 3. The highest BCUT2D eigenvalue weighted by Gasteiger charge is 2.40. The minimum Gasteiger partial charge on any atom is -0.462 e. The van der Waals surface area contributed by atoms with Crippen molar-refractivity contribution in [2.45, 2.75) is 13.3 Å². The lowest BCUT2D eigenvalue weighted by Crippen LogP contribution is -2.32. The van der Waals surface area contributed by atoms with Gasteiger partial charge in [-0.25, -0.2) is 9.69 Å². The maximum atomic E-state index is 12.8. The van der Waals surface area contributed by atoms with Crippen LogP contribution >= 0.6 is 34.8 Å². The van der Waals surface area contributed by atoms with Gasteiger partial charge in [-0.05, 0) is 48.9 Å². The number of esters is 1. The first-order valence-electron chi connectivity index (χ1n) is 8.61. The van der Waals surface area contributed by atoms with Crippen molar-refractivity contribution in [3.05, 3.63) is 68.8 Å². The summed E-state index contributed by atoms with van der Waals surface area (Å²) in [5.41, 5.74) is 0.864. The number of nitrogens with zero attached hydrogens (tertiary/aromatic N) is 1. The van der Waals surface area contributed by atoms with Gasteiger partial charge in [0, 0.05) is 10.7 Å². The average molecular weight is 454 g/mol. The molecule has 0 fully saturated rings. The normalized spacial score (nSPS) is 13.9. The van der Waals surface area contributed by atoms with Crippen molar-refractivity contribution >= 4 is 64.0 Å². The predicted molar refractivity (Wildman–Crippen MR) is 112 cm³/mol. The minimum absolute atomic E-state index is 0.103. The standard InChI is InChI=1S/C20H15Cl3N2O4/c1-2-9-29-20(28)11-3-6-13(7-4-11)24-17-16(23)18(26)25(19(17)27)15-10-12(21)5-8-14(15)22/h3-8,10,24H,2,9H2,1H3. The van der Waals surface area contributed by atoms with E-state index in [1.165, 1.54) is 12.1 Å². The van der Waals surface area contributed by atoms with Crippen molar-refractivity contribution in [2.75, 3.05) is 16.8 Å². The topological polar surface area (TPSA) is 75.7 Å². The fraction of sp³-hybridized carbons (Fsp3) is 0.150. The van der Waals surface area contributed by atoms with E-state index in [-0.39, 0.29) is 21.4 Å². The molecule has 1 heterocycles. The van der Waals surface area contributed by atoms with E-state index in [1.54, 1.807) is 30.3 Å². The molecular weight excluding hydrogens is 439 g/mol. The average Bonchev–Trinajstić information content (AvgIpc) is 2.92. The first-order chi connectivity index (χ1) is 13.8. The molecule has 0 spiro atoms. The van der Waals surface area contributed by atoms with E-state index in [9.17, 15) is 14.4 Å². The van der Waals surface area contributed by atoms with Crippen molar-refractivity contribution in [1.82, 2.24) is 0 Å². The Hall–Kier alpha value is -2.54. The second kappa shape index (κ2) is 8.86. The van der Waals surface area contributed by atoms with Crippen molar-refractivity contribution in [2.24, 2.45) is 0 Å². The molecule has 150 valence electrons. The molecule has 1 aliphatic heterocycles. The molecule has 0 saturated heterocycles. The van der Waals surface area contributed by atoms with Crippen LogP contribution < -0.4 is 10.2 Å². The Bertz CT molecular complexity index is 1020. The summed E-state index contributed by atoms with van der Waals surface area (Å²) in [6, 6.07) is 10.7. The van der Waals surface area contributed by atoms with E-state index in [2.05, 4.69) is 5.32 Å². The van der Waals surface area contributed by atoms with Gasteiger partial charge in [-0.2, -0.15) is 0 Å². The molecule has 3 rings (SSSR count). The Balaban J connectivity index is 1.81. The molecule has 29 heavy (non-hydrogen) atoms. The molecule has 0 aromatic heterocycles. The quantitative estimate of drug-likeness (QED) is 0.492. The van der Waals surface area contributed by atoms with E-state index < -0.39 is 17.8 Å². The number of imide groups is 1. The Kier molecular flexibility index (Phi) is 6.47. The SMILES string of the molecule is CCCOC(=O)c1ccc(NC2=C(Cl)C(=O)N(c3cc(Cl)ccc3Cl)C2=O)cc1. The maximum absolute atomic E-state index is 12.8. The van der Waals surface area contributed by atoms with Crippen LogP contribution in [0.2, 0.25) is 10.0 Å². The molecule has 0 bridgehead atoms. The third-order valence-corrected chi connectivity index (χ3v) is 4.91. The van der Waals surface area contributed by atoms with Gasteiger partial charge in [-0.15, -0.1) is 0 Å². The summed E-state index contributed by atoms with van der Waals surface area (Å²) < 4.78 is 5.06. The largest absolute Gasteiger partial charge is 0.462 e. The van der Waals surface area contributed by atoms with Gasteiger partial charge >= 0.3 is 5.97 Å². The van der Waals surface area contributed by atoms with Crippen LogP contribution in [-0.4, -0.2) is 24.4 Å². The number of nitrogens with one attached hydrogen (secondary N) is 1. The fourth-order valence-electron chi connectivity index (χ4n) is 2.60. The van der Waals surface area contributed by atoms with Crippen molar-refractivity contribution in [1.29, 1.82) is 0 Å². The summed E-state index contributed by atoms with van der Waals surface area (Å²) in [4.78, 5) is 38.1. The summed E-state index contributed by atoms with van der Waals surface area (Å²) >= 11 is 18.2. The second-order valence-electron chi connectivity index (χ2n) is 6.07. The fourth-order valence-corrected chi connectivity index (χ4v) is 3.18. The van der Waals surface area contributed by atoms with Crippen molar-refractivity contribution in [3.8, 4) is 0 Å². The van der Waals surface area contributed by atoms with Crippen LogP contribution in [0, 0.1) is 0 Å². The summed E-state index contributed by atoms with van der Waals surface area (Å²) in [6.07, 6.45) is 0.724. The van der Waals surface area contributed by atoms with E-state index in [4.69, 9.17) is 39.5 Å². The zero-order chi connectivity index (χ0) is 21.1. The summed E-state index contributed by atoms with van der Waals surface area (Å²) in [5, 5.41) is 3.03. The molecule has 2 amide bonds. The maximum Gasteiger partial charge on any atom is 0.338 e. The van der Waals surface area contributed by atoms with Crippen LogP contribution in [0.4, 0.5) is 11.4 Å². The van der Waals surface area contributed by atoms with Crippen molar-refractivity contribution in [3.63, 3.8) is 0 Å². The molecule has 6 nitrogen and oxygen atoms in total. The molecule has 0 unspecified atom stereocenters. The van der Waals surface area contributed by atoms with E-state index >= 15 is 0 Å². The van der Waals surface area contributed by atoms with Crippen LogP contribution in [0.5, 0.6) is 0 Å². The minimum atomic E-state index is -0.719. The molecule has 9 heteroatoms. The molecule has 2 aromatic rings. The van der Waals surface area contributed by atoms with Crippen LogP contribution in [0.3, 0.4) is 0 Å². The number of carbonyl (C=O) groups excluding carboxylic acids is 3. The molecule has 0 saturated carbocycles.